The Kier molecular flexibility index (Phi) is 4.31. The van der Waals surface area contributed by atoms with Gasteiger partial charge in [-0.1, -0.05) is 12.8 Å². The Balaban J connectivity index is 2.11. The first-order valence-corrected chi connectivity index (χ1v) is 8.10. The number of hydrogen-bond donors (Lipinski definition) is 2. The van der Waals surface area contributed by atoms with Crippen molar-refractivity contribution in [2.45, 2.75) is 49.5 Å². The van der Waals surface area contributed by atoms with Gasteiger partial charge in [0.1, 0.15) is 10.6 Å². The van der Waals surface area contributed by atoms with Crippen LogP contribution in [-0.2, 0) is 10.0 Å². The van der Waals surface area contributed by atoms with Crippen LogP contribution >= 0.6 is 0 Å². The van der Waals surface area contributed by atoms with Gasteiger partial charge in [-0.25, -0.2) is 13.6 Å². The Bertz CT molecular complexity index is 535. The molecule has 1 aliphatic carbocycles. The fourth-order valence-electron chi connectivity index (χ4n) is 2.41. The highest BCUT2D eigenvalue weighted by atomic mass is 32.2. The number of hydrogen-bond acceptors (Lipinski definition) is 4. The number of benzene rings is 1. The van der Waals surface area contributed by atoms with Gasteiger partial charge in [-0.15, -0.1) is 0 Å². The molecular formula is C13H20N2O3S. The van der Waals surface area contributed by atoms with Gasteiger partial charge in [0.05, 0.1) is 11.8 Å². The Morgan fingerprint density at radius 3 is 2.26 bits per heavy atom. The Hall–Kier alpha value is -1.27. The molecule has 0 unspecified atom stereocenters. The molecule has 0 radical (unpaired) electrons. The molecule has 6 heteroatoms. The third kappa shape index (κ3) is 3.84. The zero-order chi connectivity index (χ0) is 13.9. The summed E-state index contributed by atoms with van der Waals surface area (Å²) in [6, 6.07) is 4.54. The fraction of sp³-hybridized carbons (Fsp3) is 0.538. The Morgan fingerprint density at radius 2 is 1.74 bits per heavy atom. The molecule has 0 aliphatic heterocycles. The molecular weight excluding hydrogens is 264 g/mol. The third-order valence-electron chi connectivity index (χ3n) is 3.39. The summed E-state index contributed by atoms with van der Waals surface area (Å²) < 4.78 is 28.4. The summed E-state index contributed by atoms with van der Waals surface area (Å²) in [6.45, 7) is 0. The van der Waals surface area contributed by atoms with Gasteiger partial charge in [0.2, 0.25) is 10.0 Å². The molecule has 1 aromatic carbocycles. The van der Waals surface area contributed by atoms with Crippen molar-refractivity contribution >= 4 is 15.7 Å². The summed E-state index contributed by atoms with van der Waals surface area (Å²) in [4.78, 5) is -0.0549. The minimum atomic E-state index is -3.77. The van der Waals surface area contributed by atoms with E-state index in [2.05, 4.69) is 0 Å². The summed E-state index contributed by atoms with van der Waals surface area (Å²) in [7, 11) is -3.77. The lowest BCUT2D eigenvalue weighted by Gasteiger charge is -2.17. The monoisotopic (exact) mass is 284 g/mol. The van der Waals surface area contributed by atoms with E-state index >= 15 is 0 Å². The molecule has 0 atom stereocenters. The lowest BCUT2D eigenvalue weighted by atomic mass is 10.1. The highest BCUT2D eigenvalue weighted by Gasteiger charge is 2.16. The van der Waals surface area contributed by atoms with E-state index in [0.717, 1.165) is 12.8 Å². The summed E-state index contributed by atoms with van der Waals surface area (Å²) >= 11 is 0. The van der Waals surface area contributed by atoms with Crippen LogP contribution in [0.2, 0.25) is 0 Å². The lowest BCUT2D eigenvalue weighted by Crippen LogP contribution is -2.17. The van der Waals surface area contributed by atoms with E-state index in [9.17, 15) is 8.42 Å². The second kappa shape index (κ2) is 5.79. The van der Waals surface area contributed by atoms with E-state index in [1.54, 1.807) is 6.07 Å². The van der Waals surface area contributed by atoms with Crippen LogP contribution in [0.15, 0.2) is 23.1 Å². The fourth-order valence-corrected chi connectivity index (χ4v) is 3.06. The first-order valence-electron chi connectivity index (χ1n) is 6.56. The van der Waals surface area contributed by atoms with Gasteiger partial charge in [0.15, 0.2) is 0 Å². The highest BCUT2D eigenvalue weighted by Crippen LogP contribution is 2.27. The van der Waals surface area contributed by atoms with Crippen molar-refractivity contribution in [3.05, 3.63) is 18.2 Å². The molecule has 1 aliphatic rings. The highest BCUT2D eigenvalue weighted by molar-refractivity contribution is 7.89. The van der Waals surface area contributed by atoms with E-state index in [-0.39, 0.29) is 16.7 Å². The molecule has 1 fully saturated rings. The van der Waals surface area contributed by atoms with Crippen molar-refractivity contribution in [2.24, 2.45) is 5.14 Å². The summed E-state index contributed by atoms with van der Waals surface area (Å²) in [6.07, 6.45) is 7.14. The molecule has 1 saturated carbocycles. The molecule has 0 saturated heterocycles. The molecule has 5 nitrogen and oxygen atoms in total. The standard InChI is InChI=1S/C13H20N2O3S/c14-12-9-11(7-8-13(12)19(15,16)17)18-10-5-3-1-2-4-6-10/h7-10H,1-6,14H2,(H2,15,16,17). The molecule has 0 heterocycles. The molecule has 0 aromatic heterocycles. The van der Waals surface area contributed by atoms with Gasteiger partial charge in [-0.3, -0.25) is 0 Å². The number of rotatable bonds is 3. The largest absolute Gasteiger partial charge is 0.490 e. The maximum Gasteiger partial charge on any atom is 0.240 e. The van der Waals surface area contributed by atoms with Crippen molar-refractivity contribution < 1.29 is 13.2 Å². The maximum atomic E-state index is 11.3. The van der Waals surface area contributed by atoms with Crippen LogP contribution in [0, 0.1) is 0 Å². The summed E-state index contributed by atoms with van der Waals surface area (Å²) in [5.74, 6) is 0.608. The normalized spacial score (nSPS) is 17.9. The molecule has 0 amide bonds. The topological polar surface area (TPSA) is 95.4 Å². The van der Waals surface area contributed by atoms with Gasteiger partial charge in [0, 0.05) is 6.07 Å². The quantitative estimate of drug-likeness (QED) is 0.655. The number of primary sulfonamides is 1. The summed E-state index contributed by atoms with van der Waals surface area (Å²) in [5, 5.41) is 5.06. The van der Waals surface area contributed by atoms with E-state index in [1.807, 2.05) is 0 Å². The average Bonchev–Trinajstić information content (AvgIpc) is 2.56. The van der Waals surface area contributed by atoms with Crippen LogP contribution in [0.25, 0.3) is 0 Å². The van der Waals surface area contributed by atoms with E-state index in [1.165, 1.54) is 37.8 Å². The maximum absolute atomic E-state index is 11.3. The molecule has 106 valence electrons. The summed E-state index contributed by atoms with van der Waals surface area (Å²) in [5.41, 5.74) is 5.84. The van der Waals surface area contributed by atoms with Crippen LogP contribution in [0.3, 0.4) is 0 Å². The Labute approximate surface area is 114 Å². The second-order valence-electron chi connectivity index (χ2n) is 4.98. The number of anilines is 1. The van der Waals surface area contributed by atoms with Crippen molar-refractivity contribution in [3.63, 3.8) is 0 Å². The van der Waals surface area contributed by atoms with Crippen molar-refractivity contribution in [2.75, 3.05) is 5.73 Å². The zero-order valence-corrected chi connectivity index (χ0v) is 11.7. The molecule has 19 heavy (non-hydrogen) atoms. The zero-order valence-electron chi connectivity index (χ0n) is 10.8. The van der Waals surface area contributed by atoms with Crippen LogP contribution in [0.5, 0.6) is 5.75 Å². The average molecular weight is 284 g/mol. The Morgan fingerprint density at radius 1 is 1.11 bits per heavy atom. The van der Waals surface area contributed by atoms with Gasteiger partial charge < -0.3 is 10.5 Å². The predicted molar refractivity (Wildman–Crippen MR) is 74.3 cm³/mol. The van der Waals surface area contributed by atoms with Gasteiger partial charge in [-0.05, 0) is 37.8 Å². The number of nitrogen functional groups attached to an aromatic ring is 1. The van der Waals surface area contributed by atoms with Gasteiger partial charge in [-0.2, -0.15) is 0 Å². The second-order valence-corrected chi connectivity index (χ2v) is 6.51. The van der Waals surface area contributed by atoms with Crippen LogP contribution < -0.4 is 15.6 Å². The molecule has 0 spiro atoms. The van der Waals surface area contributed by atoms with E-state index in [0.29, 0.717) is 5.75 Å². The lowest BCUT2D eigenvalue weighted by molar-refractivity contribution is 0.184. The SMILES string of the molecule is Nc1cc(OC2CCCCCC2)ccc1S(N)(=O)=O. The van der Waals surface area contributed by atoms with E-state index < -0.39 is 10.0 Å². The number of nitrogens with two attached hydrogens (primary N) is 2. The third-order valence-corrected chi connectivity index (χ3v) is 4.38. The first-order chi connectivity index (χ1) is 8.97. The van der Waals surface area contributed by atoms with Gasteiger partial charge in [0.25, 0.3) is 0 Å². The number of ether oxygens (including phenoxy) is 1. The molecule has 0 bridgehead atoms. The van der Waals surface area contributed by atoms with Crippen molar-refractivity contribution in [1.82, 2.24) is 0 Å². The molecule has 4 N–H and O–H groups in total. The minimum absolute atomic E-state index is 0.0549. The minimum Gasteiger partial charge on any atom is -0.490 e. The van der Waals surface area contributed by atoms with Crippen molar-refractivity contribution in [3.8, 4) is 5.75 Å². The van der Waals surface area contributed by atoms with E-state index in [4.69, 9.17) is 15.6 Å². The van der Waals surface area contributed by atoms with Crippen molar-refractivity contribution in [1.29, 1.82) is 0 Å². The molecule has 1 aromatic rings. The van der Waals surface area contributed by atoms with Gasteiger partial charge >= 0.3 is 0 Å². The number of sulfonamides is 1. The van der Waals surface area contributed by atoms with Crippen LogP contribution in [0.4, 0.5) is 5.69 Å². The van der Waals surface area contributed by atoms with Crippen LogP contribution in [-0.4, -0.2) is 14.5 Å². The first kappa shape index (κ1) is 14.1. The molecule has 2 rings (SSSR count). The smallest absolute Gasteiger partial charge is 0.240 e. The predicted octanol–water partition coefficient (Wildman–Crippen LogP) is 2.02. The van der Waals surface area contributed by atoms with Crippen LogP contribution in [0.1, 0.15) is 38.5 Å².